The second kappa shape index (κ2) is 37.7. The molecule has 1 aliphatic heterocycles. The van der Waals surface area contributed by atoms with Crippen molar-refractivity contribution in [2.75, 3.05) is 47.3 Å². The van der Waals surface area contributed by atoms with Crippen molar-refractivity contribution in [2.45, 2.75) is 250 Å². The predicted molar refractivity (Wildman–Crippen MR) is 297 cm³/mol. The lowest BCUT2D eigenvalue weighted by atomic mass is 9.98. The number of carbonyl (C=O) groups excluding carboxylic acids is 4. The van der Waals surface area contributed by atoms with Gasteiger partial charge in [-0.1, -0.05) is 204 Å². The van der Waals surface area contributed by atoms with Crippen molar-refractivity contribution in [2.24, 2.45) is 0 Å². The molecule has 430 valence electrons. The highest BCUT2D eigenvalue weighted by atomic mass is 16.7. The Morgan fingerprint density at radius 2 is 0.987 bits per heavy atom. The number of amides is 1. The van der Waals surface area contributed by atoms with Crippen LogP contribution in [0.3, 0.4) is 0 Å². The Kier molecular flexibility index (Phi) is 32.0. The zero-order valence-corrected chi connectivity index (χ0v) is 47.9. The molecule has 0 bridgehead atoms. The molecule has 2 aromatic rings. The van der Waals surface area contributed by atoms with Gasteiger partial charge in [0, 0.05) is 33.4 Å². The topological polar surface area (TPSA) is 163 Å². The van der Waals surface area contributed by atoms with Crippen molar-refractivity contribution in [3.05, 3.63) is 59.7 Å². The van der Waals surface area contributed by atoms with Crippen LogP contribution in [0.4, 0.5) is 4.79 Å². The second-order valence-electron chi connectivity index (χ2n) is 21.8. The van der Waals surface area contributed by atoms with E-state index in [1.54, 1.807) is 35.0 Å². The monoisotopic (exact) mass is 1070 g/mol. The summed E-state index contributed by atoms with van der Waals surface area (Å²) < 4.78 is 53.6. The molecule has 1 N–H and O–H groups in total. The van der Waals surface area contributed by atoms with E-state index in [1.807, 2.05) is 48.5 Å². The Labute approximate surface area is 457 Å². The highest BCUT2D eigenvalue weighted by Crippen LogP contribution is 2.44. The maximum atomic E-state index is 13.3. The number of unbranched alkanes of at least 4 members (excludes halogenated alkanes) is 22. The number of rotatable bonds is 41. The minimum atomic E-state index is -1.37. The van der Waals surface area contributed by atoms with Crippen LogP contribution in [0.1, 0.15) is 219 Å². The molecule has 1 amide bonds. The lowest BCUT2D eigenvalue weighted by Crippen LogP contribution is -2.61. The number of esters is 3. The summed E-state index contributed by atoms with van der Waals surface area (Å²) in [5.41, 5.74) is 3.33. The molecule has 1 aliphatic carbocycles. The van der Waals surface area contributed by atoms with E-state index < -0.39 is 73.0 Å². The number of alkyl carbamates (subject to hydrolysis) is 1. The molecular weight excluding hydrogens is 967 g/mol. The van der Waals surface area contributed by atoms with Gasteiger partial charge in [0.15, 0.2) is 12.3 Å². The van der Waals surface area contributed by atoms with Crippen LogP contribution in [0.5, 0.6) is 0 Å². The molecule has 14 nitrogen and oxygen atoms in total. The number of fused-ring (bicyclic) bond motifs is 3. The summed E-state index contributed by atoms with van der Waals surface area (Å²) in [4.78, 5) is 52.6. The molecule has 1 saturated heterocycles. The fourth-order valence-electron chi connectivity index (χ4n) is 10.2. The molecule has 2 aliphatic rings. The smallest absolute Gasteiger partial charge is 0.407 e. The molecule has 1 heterocycles. The molecule has 0 saturated carbocycles. The van der Waals surface area contributed by atoms with Gasteiger partial charge in [-0.25, -0.2) is 9.59 Å². The molecule has 6 atom stereocenters. The average molecular weight is 1070 g/mol. The third-order valence-electron chi connectivity index (χ3n) is 14.4. The highest BCUT2D eigenvalue weighted by Gasteiger charge is 2.48. The van der Waals surface area contributed by atoms with E-state index in [9.17, 15) is 19.2 Å². The molecule has 1 fully saturated rings. The average Bonchev–Trinajstić information content (AvgIpc) is 3.75. The van der Waals surface area contributed by atoms with E-state index in [2.05, 4.69) is 19.2 Å². The quantitative estimate of drug-likeness (QED) is 0.0380. The van der Waals surface area contributed by atoms with Crippen molar-refractivity contribution < 1.29 is 61.8 Å². The molecule has 2 aromatic carbocycles. The van der Waals surface area contributed by atoms with Gasteiger partial charge in [0.05, 0.1) is 12.8 Å². The first-order valence-electron chi connectivity index (χ1n) is 29.5. The standard InChI is InChI=1S/C62H99NO13/c1-8-10-12-14-16-18-20-22-24-26-28-34-42-70-57-56(68-6)53(75-60(69-7)58(57)71-43-35-29-27-25-23-21-19-17-15-13-11-9-2)46-73-55(65)41-40-54(64)72-45-52(59(66)76-62(3,4)5)63-61(67)74-44-51-49-38-32-30-36-47(49)48-37-31-33-39-50(48)51/h30-33,36-39,51-53,56-58,60H,8-29,34-35,40-46H2,1-7H3,(H,63,67)/t52-,53+,56+,57-,58+,60-/m0/s1. The SMILES string of the molecule is CCCCCCCCCCCCCCO[C@@H]1[C@@H](OCCCCCCCCCCCCCC)[C@@H](OC)O[C@H](COC(=O)CCC(=O)OC[C@H](NC(=O)OCC2c3ccccc3-c3ccccc32)C(=O)OC(C)(C)C)[C@H]1OC. The van der Waals surface area contributed by atoms with E-state index in [0.717, 1.165) is 54.4 Å². The first-order chi connectivity index (χ1) is 36.9. The van der Waals surface area contributed by atoms with Gasteiger partial charge >= 0.3 is 24.0 Å². The first-order valence-corrected chi connectivity index (χ1v) is 29.5. The van der Waals surface area contributed by atoms with E-state index in [1.165, 1.54) is 122 Å². The first kappa shape index (κ1) is 64.4. The van der Waals surface area contributed by atoms with Crippen molar-refractivity contribution in [3.63, 3.8) is 0 Å². The van der Waals surface area contributed by atoms with E-state index in [-0.39, 0.29) is 32.0 Å². The normalized spacial score (nSPS) is 18.6. The predicted octanol–water partition coefficient (Wildman–Crippen LogP) is 13.7. The van der Waals surface area contributed by atoms with Crippen molar-refractivity contribution in [1.29, 1.82) is 0 Å². The zero-order chi connectivity index (χ0) is 54.8. The van der Waals surface area contributed by atoms with Crippen LogP contribution in [0.15, 0.2) is 48.5 Å². The molecule has 4 rings (SSSR count). The van der Waals surface area contributed by atoms with Crippen molar-refractivity contribution >= 4 is 24.0 Å². The minimum absolute atomic E-state index is 0.0208. The maximum absolute atomic E-state index is 13.3. The van der Waals surface area contributed by atoms with Crippen LogP contribution in [-0.2, 0) is 57.0 Å². The zero-order valence-electron chi connectivity index (χ0n) is 47.9. The van der Waals surface area contributed by atoms with Gasteiger partial charge in [-0.05, 0) is 55.9 Å². The molecule has 0 unspecified atom stereocenters. The summed E-state index contributed by atoms with van der Waals surface area (Å²) in [6.07, 6.45) is 25.1. The van der Waals surface area contributed by atoms with Gasteiger partial charge in [-0.15, -0.1) is 0 Å². The lowest BCUT2D eigenvalue weighted by Gasteiger charge is -2.45. The number of hydrogen-bond donors (Lipinski definition) is 1. The van der Waals surface area contributed by atoms with Gasteiger partial charge in [0.2, 0.25) is 0 Å². The second-order valence-corrected chi connectivity index (χ2v) is 21.8. The van der Waals surface area contributed by atoms with Gasteiger partial charge in [-0.3, -0.25) is 9.59 Å². The number of methoxy groups -OCH3 is 2. The fraction of sp³-hybridized carbons (Fsp3) is 0.742. The van der Waals surface area contributed by atoms with E-state index >= 15 is 0 Å². The van der Waals surface area contributed by atoms with Crippen LogP contribution in [0.2, 0.25) is 0 Å². The Balaban J connectivity index is 1.25. The summed E-state index contributed by atoms with van der Waals surface area (Å²) in [6, 6.07) is 14.6. The Hall–Kier alpha value is -4.08. The third kappa shape index (κ3) is 24.3. The number of carbonyl (C=O) groups is 4. The van der Waals surface area contributed by atoms with Crippen LogP contribution >= 0.6 is 0 Å². The minimum Gasteiger partial charge on any atom is -0.463 e. The summed E-state index contributed by atoms with van der Waals surface area (Å²) in [6.45, 7) is 9.93. The molecular formula is C62H99NO13. The Bertz CT molecular complexity index is 1870. The Morgan fingerprint density at radius 1 is 0.539 bits per heavy atom. The fourth-order valence-corrected chi connectivity index (χ4v) is 10.2. The molecule has 0 spiro atoms. The number of benzene rings is 2. The van der Waals surface area contributed by atoms with Crippen LogP contribution in [0, 0.1) is 0 Å². The summed E-state index contributed by atoms with van der Waals surface area (Å²) in [7, 11) is 3.15. The molecule has 0 aromatic heterocycles. The lowest BCUT2D eigenvalue weighted by molar-refractivity contribution is -0.314. The number of ether oxygens (including phenoxy) is 9. The largest absolute Gasteiger partial charge is 0.463 e. The van der Waals surface area contributed by atoms with Gasteiger partial charge in [0.1, 0.15) is 49.8 Å². The number of hydrogen-bond acceptors (Lipinski definition) is 13. The van der Waals surface area contributed by atoms with Gasteiger partial charge in [-0.2, -0.15) is 0 Å². The maximum Gasteiger partial charge on any atom is 0.407 e. The molecule has 0 radical (unpaired) electrons. The molecule has 14 heteroatoms. The summed E-state index contributed by atoms with van der Waals surface area (Å²) in [5.74, 6) is -2.45. The van der Waals surface area contributed by atoms with Gasteiger partial charge in [0.25, 0.3) is 0 Å². The van der Waals surface area contributed by atoms with Crippen molar-refractivity contribution in [3.8, 4) is 11.1 Å². The third-order valence-corrected chi connectivity index (χ3v) is 14.4. The van der Waals surface area contributed by atoms with Crippen LogP contribution in [-0.4, -0.2) is 114 Å². The van der Waals surface area contributed by atoms with Crippen molar-refractivity contribution in [1.82, 2.24) is 5.32 Å². The summed E-state index contributed by atoms with van der Waals surface area (Å²) >= 11 is 0. The highest BCUT2D eigenvalue weighted by molar-refractivity contribution is 5.83. The summed E-state index contributed by atoms with van der Waals surface area (Å²) in [5, 5.41) is 2.52. The van der Waals surface area contributed by atoms with E-state index in [4.69, 9.17) is 42.6 Å². The molecule has 76 heavy (non-hydrogen) atoms. The number of nitrogens with one attached hydrogen (secondary N) is 1. The van der Waals surface area contributed by atoms with Crippen LogP contribution < -0.4 is 5.32 Å². The van der Waals surface area contributed by atoms with Crippen LogP contribution in [0.25, 0.3) is 11.1 Å². The van der Waals surface area contributed by atoms with E-state index in [0.29, 0.717) is 13.2 Å². The Morgan fingerprint density at radius 3 is 1.45 bits per heavy atom. The van der Waals surface area contributed by atoms with Gasteiger partial charge < -0.3 is 47.9 Å².